The standard InChI is InChI=1S/C11H13NO2S/c1-10-4-6-11(7-5-10)15(13,14)9-3-8-12-2/h3-9H,1-2H3/b9-3+,12-8+. The first-order valence-corrected chi connectivity index (χ1v) is 6.01. The van der Waals surface area contributed by atoms with Gasteiger partial charge in [-0.2, -0.15) is 0 Å². The highest BCUT2D eigenvalue weighted by atomic mass is 32.2. The minimum absolute atomic E-state index is 0.300. The summed E-state index contributed by atoms with van der Waals surface area (Å²) >= 11 is 0. The minimum atomic E-state index is -3.32. The summed E-state index contributed by atoms with van der Waals surface area (Å²) in [4.78, 5) is 3.97. The smallest absolute Gasteiger partial charge is 0.199 e. The van der Waals surface area contributed by atoms with Crippen LogP contribution in [-0.4, -0.2) is 21.7 Å². The van der Waals surface area contributed by atoms with E-state index in [0.29, 0.717) is 4.90 Å². The Balaban J connectivity index is 3.01. The monoisotopic (exact) mass is 223 g/mol. The molecule has 0 unspecified atom stereocenters. The van der Waals surface area contributed by atoms with Gasteiger partial charge in [0, 0.05) is 18.7 Å². The van der Waals surface area contributed by atoms with E-state index in [-0.39, 0.29) is 0 Å². The van der Waals surface area contributed by atoms with Crippen LogP contribution in [0.25, 0.3) is 0 Å². The van der Waals surface area contributed by atoms with Gasteiger partial charge in [0.1, 0.15) is 0 Å². The Bertz CT molecular complexity index is 470. The summed E-state index contributed by atoms with van der Waals surface area (Å²) in [7, 11) is -1.73. The molecule has 0 atom stereocenters. The van der Waals surface area contributed by atoms with Crippen LogP contribution in [0, 0.1) is 6.92 Å². The van der Waals surface area contributed by atoms with Crippen molar-refractivity contribution in [1.29, 1.82) is 0 Å². The Morgan fingerprint density at radius 3 is 2.33 bits per heavy atom. The van der Waals surface area contributed by atoms with Gasteiger partial charge in [-0.25, -0.2) is 8.42 Å². The second-order valence-electron chi connectivity index (χ2n) is 3.09. The van der Waals surface area contributed by atoms with E-state index in [4.69, 9.17) is 0 Å². The maximum absolute atomic E-state index is 11.7. The van der Waals surface area contributed by atoms with Crippen LogP contribution >= 0.6 is 0 Å². The third-order valence-electron chi connectivity index (χ3n) is 1.84. The minimum Gasteiger partial charge on any atom is -0.296 e. The first kappa shape index (κ1) is 11.7. The lowest BCUT2D eigenvalue weighted by molar-refractivity contribution is 0.604. The fourth-order valence-corrected chi connectivity index (χ4v) is 1.98. The van der Waals surface area contributed by atoms with Crippen molar-refractivity contribution in [1.82, 2.24) is 0 Å². The van der Waals surface area contributed by atoms with Gasteiger partial charge in [0.2, 0.25) is 0 Å². The quantitative estimate of drug-likeness (QED) is 0.736. The van der Waals surface area contributed by atoms with E-state index < -0.39 is 9.84 Å². The summed E-state index contributed by atoms with van der Waals surface area (Å²) in [6, 6.07) is 6.74. The number of sulfone groups is 1. The van der Waals surface area contributed by atoms with Gasteiger partial charge in [-0.3, -0.25) is 4.99 Å². The molecule has 0 N–H and O–H groups in total. The highest BCUT2D eigenvalue weighted by Crippen LogP contribution is 2.12. The van der Waals surface area contributed by atoms with Gasteiger partial charge in [0.15, 0.2) is 9.84 Å². The number of nitrogens with zero attached hydrogens (tertiary/aromatic N) is 1. The molecule has 0 fully saturated rings. The van der Waals surface area contributed by atoms with Crippen molar-refractivity contribution in [3.8, 4) is 0 Å². The van der Waals surface area contributed by atoms with Crippen molar-refractivity contribution in [3.05, 3.63) is 41.3 Å². The number of benzene rings is 1. The van der Waals surface area contributed by atoms with Crippen LogP contribution < -0.4 is 0 Å². The molecule has 80 valence electrons. The number of rotatable bonds is 3. The molecule has 0 heterocycles. The molecule has 3 nitrogen and oxygen atoms in total. The Kier molecular flexibility index (Phi) is 3.80. The molecule has 0 spiro atoms. The molecule has 0 aromatic heterocycles. The summed E-state index contributed by atoms with van der Waals surface area (Å²) in [5.74, 6) is 0. The zero-order valence-corrected chi connectivity index (χ0v) is 9.53. The first-order valence-electron chi connectivity index (χ1n) is 4.47. The first-order chi connectivity index (χ1) is 7.06. The van der Waals surface area contributed by atoms with Crippen LogP contribution in [0.5, 0.6) is 0 Å². The summed E-state index contributed by atoms with van der Waals surface area (Å²) < 4.78 is 23.3. The second kappa shape index (κ2) is 4.89. The van der Waals surface area contributed by atoms with Crippen molar-refractivity contribution >= 4 is 16.1 Å². The molecule has 15 heavy (non-hydrogen) atoms. The van der Waals surface area contributed by atoms with Gasteiger partial charge in [0.05, 0.1) is 4.90 Å². The van der Waals surface area contributed by atoms with Gasteiger partial charge < -0.3 is 0 Å². The predicted molar refractivity (Wildman–Crippen MR) is 61.9 cm³/mol. The lowest BCUT2D eigenvalue weighted by Crippen LogP contribution is -1.95. The van der Waals surface area contributed by atoms with Crippen molar-refractivity contribution in [2.45, 2.75) is 11.8 Å². The van der Waals surface area contributed by atoms with Crippen molar-refractivity contribution in [3.63, 3.8) is 0 Å². The third-order valence-corrected chi connectivity index (χ3v) is 3.29. The molecule has 1 rings (SSSR count). The molecular formula is C11H13NO2S. The Morgan fingerprint density at radius 1 is 1.20 bits per heavy atom. The number of aliphatic imine (C=N–C) groups is 1. The molecule has 4 heteroatoms. The molecule has 0 aliphatic heterocycles. The van der Waals surface area contributed by atoms with Crippen LogP contribution in [0.1, 0.15) is 5.56 Å². The van der Waals surface area contributed by atoms with E-state index in [2.05, 4.69) is 4.99 Å². The van der Waals surface area contributed by atoms with E-state index in [9.17, 15) is 8.42 Å². The van der Waals surface area contributed by atoms with Crippen LogP contribution in [-0.2, 0) is 9.84 Å². The summed E-state index contributed by atoms with van der Waals surface area (Å²) in [6.45, 7) is 1.91. The van der Waals surface area contributed by atoms with Gasteiger partial charge in [-0.1, -0.05) is 17.7 Å². The van der Waals surface area contributed by atoms with Crippen LogP contribution in [0.15, 0.2) is 45.6 Å². The fraction of sp³-hybridized carbons (Fsp3) is 0.182. The topological polar surface area (TPSA) is 46.5 Å². The average molecular weight is 223 g/mol. The van der Waals surface area contributed by atoms with E-state index in [1.165, 1.54) is 12.3 Å². The van der Waals surface area contributed by atoms with Crippen molar-refractivity contribution < 1.29 is 8.42 Å². The van der Waals surface area contributed by atoms with Gasteiger partial charge in [-0.15, -0.1) is 0 Å². The van der Waals surface area contributed by atoms with E-state index in [1.54, 1.807) is 31.3 Å². The summed E-state index contributed by atoms with van der Waals surface area (Å²) in [5.41, 5.74) is 1.04. The SMILES string of the molecule is C/N=C/C=C/S(=O)(=O)c1ccc(C)cc1. The molecule has 1 aromatic rings. The molecule has 0 aliphatic carbocycles. The van der Waals surface area contributed by atoms with E-state index in [1.807, 2.05) is 6.92 Å². The Labute approximate surface area is 90.1 Å². The third kappa shape index (κ3) is 3.32. The second-order valence-corrected chi connectivity index (χ2v) is 4.93. The molecule has 1 aromatic carbocycles. The number of hydrogen-bond acceptors (Lipinski definition) is 3. The maximum Gasteiger partial charge on any atom is 0.199 e. The van der Waals surface area contributed by atoms with Crippen molar-refractivity contribution in [2.24, 2.45) is 4.99 Å². The molecule has 0 saturated carbocycles. The normalized spacial score (nSPS) is 12.7. The highest BCUT2D eigenvalue weighted by Gasteiger charge is 2.08. The van der Waals surface area contributed by atoms with Crippen molar-refractivity contribution in [2.75, 3.05) is 7.05 Å². The van der Waals surface area contributed by atoms with Gasteiger partial charge in [-0.05, 0) is 25.1 Å². The lowest BCUT2D eigenvalue weighted by atomic mass is 10.2. The Morgan fingerprint density at radius 2 is 1.80 bits per heavy atom. The fourth-order valence-electron chi connectivity index (χ4n) is 1.03. The van der Waals surface area contributed by atoms with Crippen LogP contribution in [0.2, 0.25) is 0 Å². The van der Waals surface area contributed by atoms with Crippen LogP contribution in [0.4, 0.5) is 0 Å². The molecule has 0 bridgehead atoms. The highest BCUT2D eigenvalue weighted by molar-refractivity contribution is 7.94. The molecule has 0 saturated heterocycles. The molecule has 0 aliphatic rings. The van der Waals surface area contributed by atoms with Gasteiger partial charge in [0.25, 0.3) is 0 Å². The van der Waals surface area contributed by atoms with Gasteiger partial charge >= 0.3 is 0 Å². The largest absolute Gasteiger partial charge is 0.296 e. The molecule has 0 amide bonds. The molecular weight excluding hydrogens is 210 g/mol. The molecule has 0 radical (unpaired) electrons. The number of hydrogen-bond donors (Lipinski definition) is 0. The number of aryl methyl sites for hydroxylation is 1. The predicted octanol–water partition coefficient (Wildman–Crippen LogP) is 1.98. The van der Waals surface area contributed by atoms with E-state index >= 15 is 0 Å². The zero-order chi connectivity index (χ0) is 11.3. The maximum atomic E-state index is 11.7. The van der Waals surface area contributed by atoms with Crippen LogP contribution in [0.3, 0.4) is 0 Å². The zero-order valence-electron chi connectivity index (χ0n) is 8.71. The summed E-state index contributed by atoms with van der Waals surface area (Å²) in [5, 5.41) is 1.14. The average Bonchev–Trinajstić information content (AvgIpc) is 2.18. The number of allylic oxidation sites excluding steroid dienone is 1. The van der Waals surface area contributed by atoms with E-state index in [0.717, 1.165) is 11.0 Å². The Hall–Kier alpha value is -1.42. The lowest BCUT2D eigenvalue weighted by Gasteiger charge is -1.98. The summed E-state index contributed by atoms with van der Waals surface area (Å²) in [6.07, 6.45) is 2.85.